The van der Waals surface area contributed by atoms with Crippen LogP contribution < -0.4 is 16.0 Å². The number of nitrogen functional groups attached to an aromatic ring is 1. The highest BCUT2D eigenvalue weighted by Gasteiger charge is 2.31. The molecule has 0 spiro atoms. The summed E-state index contributed by atoms with van der Waals surface area (Å²) in [7, 11) is 0. The zero-order valence-corrected chi connectivity index (χ0v) is 18.8. The molecule has 1 aromatic rings. The zero-order valence-electron chi connectivity index (χ0n) is 18.8. The zero-order chi connectivity index (χ0) is 21.3. The van der Waals surface area contributed by atoms with Crippen LogP contribution in [-0.2, 0) is 11.2 Å². The van der Waals surface area contributed by atoms with E-state index in [1.165, 1.54) is 32.5 Å². The van der Waals surface area contributed by atoms with Crippen LogP contribution in [0.25, 0.3) is 0 Å². The molecule has 1 amide bonds. The Morgan fingerprint density at radius 2 is 1.53 bits per heavy atom. The fraction of sp³-hybridized carbons (Fsp3) is 0.773. The van der Waals surface area contributed by atoms with Crippen LogP contribution in [0.15, 0.2) is 0 Å². The number of hydrogen-bond acceptors (Lipinski definition) is 7. The van der Waals surface area contributed by atoms with Crippen LogP contribution in [0.1, 0.15) is 57.9 Å². The molecular weight excluding hydrogens is 378 g/mol. The van der Waals surface area contributed by atoms with Crippen LogP contribution in [0.4, 0.5) is 17.6 Å². The average molecular weight is 418 g/mol. The Morgan fingerprint density at radius 1 is 0.900 bits per heavy atom. The number of carbonyl (C=O) groups excluding carboxylic acids is 1. The van der Waals surface area contributed by atoms with E-state index < -0.39 is 0 Å². The van der Waals surface area contributed by atoms with Gasteiger partial charge in [-0.25, -0.2) is 0 Å². The van der Waals surface area contributed by atoms with Crippen LogP contribution >= 0.6 is 0 Å². The van der Waals surface area contributed by atoms with Crippen molar-refractivity contribution in [3.8, 4) is 0 Å². The number of aromatic nitrogens is 2. The van der Waals surface area contributed by atoms with Crippen molar-refractivity contribution in [1.29, 1.82) is 0 Å². The molecule has 3 N–H and O–H groups in total. The van der Waals surface area contributed by atoms with Crippen molar-refractivity contribution in [3.63, 3.8) is 0 Å². The van der Waals surface area contributed by atoms with E-state index in [0.29, 0.717) is 30.5 Å². The van der Waals surface area contributed by atoms with Gasteiger partial charge in [-0.3, -0.25) is 9.69 Å². The van der Waals surface area contributed by atoms with E-state index in [-0.39, 0.29) is 5.91 Å². The van der Waals surface area contributed by atoms with Crippen molar-refractivity contribution < 1.29 is 4.79 Å². The second-order valence-electron chi connectivity index (χ2n) is 8.48. The van der Waals surface area contributed by atoms with Crippen molar-refractivity contribution in [2.45, 2.75) is 58.8 Å². The molecule has 8 heteroatoms. The summed E-state index contributed by atoms with van der Waals surface area (Å²) >= 11 is 0. The van der Waals surface area contributed by atoms with E-state index in [4.69, 9.17) is 5.73 Å². The van der Waals surface area contributed by atoms with Gasteiger partial charge in [0.25, 0.3) is 0 Å². The Balaban J connectivity index is 1.45. The summed E-state index contributed by atoms with van der Waals surface area (Å²) in [5, 5.41) is 3.23. The highest BCUT2D eigenvalue weighted by molar-refractivity contribution is 6.01. The average Bonchev–Trinajstić information content (AvgIpc) is 3.06. The minimum Gasteiger partial charge on any atom is -0.383 e. The van der Waals surface area contributed by atoms with E-state index in [2.05, 4.69) is 38.9 Å². The third kappa shape index (κ3) is 6.04. The summed E-state index contributed by atoms with van der Waals surface area (Å²) in [6, 6.07) is 0. The third-order valence-electron chi connectivity index (χ3n) is 6.11. The second-order valence-corrected chi connectivity index (χ2v) is 8.48. The number of carbonyl (C=O) groups is 1. The molecule has 1 saturated heterocycles. The molecule has 2 aliphatic rings. The van der Waals surface area contributed by atoms with Gasteiger partial charge in [0.05, 0.1) is 6.42 Å². The van der Waals surface area contributed by atoms with Crippen LogP contribution in [0, 0.1) is 0 Å². The number of nitrogens with one attached hydrogen (secondary N) is 1. The molecule has 0 bridgehead atoms. The first-order valence-electron chi connectivity index (χ1n) is 11.8. The molecule has 3 rings (SSSR count). The molecule has 0 radical (unpaired) electrons. The quantitative estimate of drug-likeness (QED) is 0.505. The minimum atomic E-state index is 0.0845. The van der Waals surface area contributed by atoms with Gasteiger partial charge >= 0.3 is 0 Å². The normalized spacial score (nSPS) is 17.5. The summed E-state index contributed by atoms with van der Waals surface area (Å²) in [5.74, 6) is 1.74. The number of amides is 1. The highest BCUT2D eigenvalue weighted by atomic mass is 16.2. The largest absolute Gasteiger partial charge is 0.383 e. The summed E-state index contributed by atoms with van der Waals surface area (Å²) < 4.78 is 0. The molecule has 168 valence electrons. The monoisotopic (exact) mass is 417 g/mol. The van der Waals surface area contributed by atoms with Gasteiger partial charge in [-0.05, 0) is 38.8 Å². The number of piperazine rings is 1. The Kier molecular flexibility index (Phi) is 8.69. The summed E-state index contributed by atoms with van der Waals surface area (Å²) in [6.45, 7) is 12.9. The molecule has 0 saturated carbocycles. The van der Waals surface area contributed by atoms with Crippen molar-refractivity contribution in [2.24, 2.45) is 0 Å². The maximum atomic E-state index is 12.5. The van der Waals surface area contributed by atoms with Gasteiger partial charge in [0.1, 0.15) is 11.6 Å². The van der Waals surface area contributed by atoms with E-state index in [9.17, 15) is 4.79 Å². The van der Waals surface area contributed by atoms with Crippen LogP contribution in [-0.4, -0.2) is 78.0 Å². The minimum absolute atomic E-state index is 0.0845. The topological polar surface area (TPSA) is 90.6 Å². The number of fused-ring (bicyclic) bond motifs is 1. The van der Waals surface area contributed by atoms with E-state index in [1.54, 1.807) is 4.90 Å². The molecule has 0 atom stereocenters. The van der Waals surface area contributed by atoms with Gasteiger partial charge in [0.2, 0.25) is 11.9 Å². The summed E-state index contributed by atoms with van der Waals surface area (Å²) in [4.78, 5) is 28.4. The number of unbranched alkanes of at least 4 members (excludes halogenated alkanes) is 3. The number of rotatable bonds is 12. The van der Waals surface area contributed by atoms with Gasteiger partial charge in [-0.1, -0.05) is 26.7 Å². The lowest BCUT2D eigenvalue weighted by atomic mass is 10.2. The van der Waals surface area contributed by atoms with E-state index >= 15 is 0 Å². The van der Waals surface area contributed by atoms with Crippen LogP contribution in [0.3, 0.4) is 0 Å². The molecule has 3 heterocycles. The van der Waals surface area contributed by atoms with Gasteiger partial charge in [0, 0.05) is 44.8 Å². The lowest BCUT2D eigenvalue weighted by Crippen LogP contribution is -2.46. The Labute approximate surface area is 181 Å². The molecular formula is C22H39N7O. The second kappa shape index (κ2) is 11.5. The molecule has 0 aliphatic carbocycles. The summed E-state index contributed by atoms with van der Waals surface area (Å²) in [6.07, 6.45) is 7.11. The summed E-state index contributed by atoms with van der Waals surface area (Å²) in [5.41, 5.74) is 6.90. The maximum Gasteiger partial charge on any atom is 0.232 e. The number of nitrogens with two attached hydrogens (primary N) is 1. The maximum absolute atomic E-state index is 12.5. The van der Waals surface area contributed by atoms with Crippen molar-refractivity contribution in [2.75, 3.05) is 68.3 Å². The fourth-order valence-electron chi connectivity index (χ4n) is 4.16. The van der Waals surface area contributed by atoms with E-state index in [1.807, 2.05) is 0 Å². The third-order valence-corrected chi connectivity index (χ3v) is 6.11. The van der Waals surface area contributed by atoms with E-state index in [0.717, 1.165) is 57.4 Å². The number of anilines is 3. The molecule has 1 fully saturated rings. The van der Waals surface area contributed by atoms with Gasteiger partial charge < -0.3 is 20.9 Å². The van der Waals surface area contributed by atoms with Crippen LogP contribution in [0.5, 0.6) is 0 Å². The standard InChI is InChI=1S/C22H39N7O/c1-3-5-9-24-22-25-20(23)18-17-19(30)29(21(18)26-22)12-8-7-11-28-15-13-27(14-16-28)10-6-4-2/h3-17H2,1-2H3,(H3,23,24,25,26). The van der Waals surface area contributed by atoms with Gasteiger partial charge in [-0.15, -0.1) is 0 Å². The highest BCUT2D eigenvalue weighted by Crippen LogP contribution is 2.31. The van der Waals surface area contributed by atoms with Crippen molar-refractivity contribution in [1.82, 2.24) is 19.8 Å². The Hall–Kier alpha value is -1.93. The molecule has 0 unspecified atom stereocenters. The predicted octanol–water partition coefficient (Wildman–Crippen LogP) is 2.36. The molecule has 2 aliphatic heterocycles. The number of hydrogen-bond donors (Lipinski definition) is 2. The first-order valence-corrected chi connectivity index (χ1v) is 11.8. The smallest absolute Gasteiger partial charge is 0.232 e. The Morgan fingerprint density at radius 3 is 2.20 bits per heavy atom. The first-order chi connectivity index (χ1) is 14.6. The van der Waals surface area contributed by atoms with Gasteiger partial charge in [-0.2, -0.15) is 9.97 Å². The Bertz CT molecular complexity index is 688. The molecule has 8 nitrogen and oxygen atoms in total. The van der Waals surface area contributed by atoms with Crippen molar-refractivity contribution >= 4 is 23.5 Å². The molecule has 0 aromatic carbocycles. The first kappa shape index (κ1) is 22.7. The fourth-order valence-corrected chi connectivity index (χ4v) is 4.16. The molecule has 1 aromatic heterocycles. The lowest BCUT2D eigenvalue weighted by molar-refractivity contribution is -0.117. The SMILES string of the molecule is CCCCNc1nc(N)c2c(n1)N(CCCCN1CCN(CCCC)CC1)C(=O)C2. The van der Waals surface area contributed by atoms with Crippen LogP contribution in [0.2, 0.25) is 0 Å². The predicted molar refractivity (Wildman–Crippen MR) is 123 cm³/mol. The van der Waals surface area contributed by atoms with Crippen molar-refractivity contribution in [3.05, 3.63) is 5.56 Å². The lowest BCUT2D eigenvalue weighted by Gasteiger charge is -2.34. The number of nitrogens with zero attached hydrogens (tertiary/aromatic N) is 5. The molecule has 30 heavy (non-hydrogen) atoms. The van der Waals surface area contributed by atoms with Gasteiger partial charge in [0.15, 0.2) is 0 Å².